The number of anilines is 1. The molecule has 1 amide bonds. The number of nitrogens with zero attached hydrogens (tertiary/aromatic N) is 2. The maximum absolute atomic E-state index is 13.0. The Morgan fingerprint density at radius 1 is 1.26 bits per heavy atom. The lowest BCUT2D eigenvalue weighted by Crippen LogP contribution is -2.32. The summed E-state index contributed by atoms with van der Waals surface area (Å²) in [6.07, 6.45) is 0.637. The second-order valence-electron chi connectivity index (χ2n) is 6.11. The highest BCUT2D eigenvalue weighted by molar-refractivity contribution is 6.10. The molecule has 4 heteroatoms. The molecule has 1 heterocycles. The van der Waals surface area contributed by atoms with Gasteiger partial charge in [-0.3, -0.25) is 4.79 Å². The number of para-hydroxylation sites is 1. The van der Waals surface area contributed by atoms with E-state index in [0.29, 0.717) is 13.0 Å². The van der Waals surface area contributed by atoms with Gasteiger partial charge in [-0.15, -0.1) is 0 Å². The molecule has 1 saturated carbocycles. The molecule has 0 saturated heterocycles. The van der Waals surface area contributed by atoms with Gasteiger partial charge in [-0.2, -0.15) is 5.26 Å². The van der Waals surface area contributed by atoms with Gasteiger partial charge in [0.05, 0.1) is 31.1 Å². The Balaban J connectivity index is 1.69. The van der Waals surface area contributed by atoms with Crippen LogP contribution >= 0.6 is 0 Å². The van der Waals surface area contributed by atoms with Crippen LogP contribution in [0.25, 0.3) is 0 Å². The molecular formula is C19H16N2O2. The zero-order valence-corrected chi connectivity index (χ0v) is 12.8. The van der Waals surface area contributed by atoms with Crippen molar-refractivity contribution in [3.05, 3.63) is 59.7 Å². The van der Waals surface area contributed by atoms with Crippen molar-refractivity contribution in [3.63, 3.8) is 0 Å². The molecule has 0 N–H and O–H groups in total. The lowest BCUT2D eigenvalue weighted by atomic mass is 9.95. The lowest BCUT2D eigenvalue weighted by molar-refractivity contribution is -0.120. The number of nitriles is 1. The van der Waals surface area contributed by atoms with E-state index in [1.54, 1.807) is 7.11 Å². The van der Waals surface area contributed by atoms with E-state index in [4.69, 9.17) is 4.74 Å². The first-order valence-corrected chi connectivity index (χ1v) is 7.64. The normalized spacial score (nSPS) is 24.4. The quantitative estimate of drug-likeness (QED) is 0.876. The zero-order chi connectivity index (χ0) is 16.0. The molecule has 0 bridgehead atoms. The molecule has 2 aliphatic rings. The molecule has 1 spiro atoms. The van der Waals surface area contributed by atoms with E-state index in [1.807, 2.05) is 53.4 Å². The summed E-state index contributed by atoms with van der Waals surface area (Å²) in [5, 5.41) is 9.27. The van der Waals surface area contributed by atoms with Crippen LogP contribution in [0.3, 0.4) is 0 Å². The van der Waals surface area contributed by atoms with E-state index < -0.39 is 5.41 Å². The fourth-order valence-corrected chi connectivity index (χ4v) is 3.58. The minimum Gasteiger partial charge on any atom is -0.497 e. The average Bonchev–Trinajstić information content (AvgIpc) is 3.30. The van der Waals surface area contributed by atoms with E-state index in [2.05, 4.69) is 6.07 Å². The molecule has 2 atom stereocenters. The van der Waals surface area contributed by atoms with Crippen molar-refractivity contribution in [2.45, 2.75) is 18.4 Å². The van der Waals surface area contributed by atoms with Gasteiger partial charge in [-0.1, -0.05) is 30.3 Å². The van der Waals surface area contributed by atoms with Crippen molar-refractivity contribution in [1.29, 1.82) is 5.26 Å². The molecule has 4 nitrogen and oxygen atoms in total. The van der Waals surface area contributed by atoms with Crippen LogP contribution in [0.5, 0.6) is 5.75 Å². The number of rotatable bonds is 3. The highest BCUT2D eigenvalue weighted by Crippen LogP contribution is 2.61. The van der Waals surface area contributed by atoms with E-state index in [9.17, 15) is 10.1 Å². The smallest absolute Gasteiger partial charge is 0.239 e. The number of benzene rings is 2. The van der Waals surface area contributed by atoms with Gasteiger partial charge in [0.15, 0.2) is 0 Å². The van der Waals surface area contributed by atoms with Crippen LogP contribution in [0.15, 0.2) is 48.5 Å². The first-order valence-electron chi connectivity index (χ1n) is 7.64. The first-order chi connectivity index (χ1) is 11.2. The number of carbonyl (C=O) groups is 1. The molecule has 1 fully saturated rings. The summed E-state index contributed by atoms with van der Waals surface area (Å²) in [4.78, 5) is 14.8. The number of methoxy groups -OCH3 is 1. The number of fused-ring (bicyclic) bond motifs is 2. The van der Waals surface area contributed by atoms with Crippen LogP contribution in [0, 0.1) is 17.2 Å². The number of ether oxygens (including phenoxy) is 1. The molecule has 2 aromatic carbocycles. The lowest BCUT2D eigenvalue weighted by Gasteiger charge is -2.18. The van der Waals surface area contributed by atoms with Gasteiger partial charge in [0.25, 0.3) is 0 Å². The van der Waals surface area contributed by atoms with Gasteiger partial charge in [-0.05, 0) is 35.7 Å². The Morgan fingerprint density at radius 3 is 2.65 bits per heavy atom. The summed E-state index contributed by atoms with van der Waals surface area (Å²) in [6.45, 7) is 0.514. The highest BCUT2D eigenvalue weighted by atomic mass is 16.5. The predicted octanol–water partition coefficient (Wildman–Crippen LogP) is 3.02. The monoisotopic (exact) mass is 304 g/mol. The molecule has 1 aliphatic heterocycles. The van der Waals surface area contributed by atoms with Crippen LogP contribution in [-0.4, -0.2) is 13.0 Å². The zero-order valence-electron chi connectivity index (χ0n) is 12.8. The Kier molecular flexibility index (Phi) is 2.92. The SMILES string of the molecule is COc1ccc(CN2C(=O)[C@]3(C[C@@H]3C#N)c3ccccc32)cc1. The standard InChI is InChI=1S/C19H16N2O2/c1-23-15-8-6-13(7-9-15)12-21-17-5-3-2-4-16(17)19(18(21)22)10-14(19)11-20/h2-9,14H,10,12H2,1H3/t14-,19+/m1/s1. The van der Waals surface area contributed by atoms with Crippen molar-refractivity contribution in [1.82, 2.24) is 0 Å². The third-order valence-corrected chi connectivity index (χ3v) is 4.92. The van der Waals surface area contributed by atoms with E-state index in [-0.39, 0.29) is 11.8 Å². The Bertz CT molecular complexity index is 822. The number of hydrogen-bond donors (Lipinski definition) is 0. The van der Waals surface area contributed by atoms with Crippen LogP contribution in [0.1, 0.15) is 17.5 Å². The fourth-order valence-electron chi connectivity index (χ4n) is 3.58. The van der Waals surface area contributed by atoms with Crippen LogP contribution < -0.4 is 9.64 Å². The van der Waals surface area contributed by atoms with Crippen LogP contribution in [0.4, 0.5) is 5.69 Å². The van der Waals surface area contributed by atoms with Gasteiger partial charge in [0.1, 0.15) is 5.75 Å². The second kappa shape index (κ2) is 4.85. The number of hydrogen-bond acceptors (Lipinski definition) is 3. The number of amides is 1. The van der Waals surface area contributed by atoms with Crippen molar-refractivity contribution < 1.29 is 9.53 Å². The van der Waals surface area contributed by atoms with Crippen LogP contribution in [0.2, 0.25) is 0 Å². The van der Waals surface area contributed by atoms with Crippen molar-refractivity contribution >= 4 is 11.6 Å². The van der Waals surface area contributed by atoms with E-state index >= 15 is 0 Å². The Labute approximate surface area is 134 Å². The predicted molar refractivity (Wildman–Crippen MR) is 86.0 cm³/mol. The van der Waals surface area contributed by atoms with Crippen molar-refractivity contribution in [3.8, 4) is 11.8 Å². The van der Waals surface area contributed by atoms with Gasteiger partial charge in [-0.25, -0.2) is 0 Å². The molecule has 0 unspecified atom stereocenters. The summed E-state index contributed by atoms with van der Waals surface area (Å²) < 4.78 is 5.17. The fraction of sp³-hybridized carbons (Fsp3) is 0.263. The summed E-state index contributed by atoms with van der Waals surface area (Å²) in [5.41, 5.74) is 2.38. The van der Waals surface area contributed by atoms with Gasteiger partial charge in [0.2, 0.25) is 5.91 Å². The van der Waals surface area contributed by atoms with Crippen molar-refractivity contribution in [2.24, 2.45) is 5.92 Å². The summed E-state index contributed by atoms with van der Waals surface area (Å²) in [5.74, 6) is 0.656. The molecular weight excluding hydrogens is 288 g/mol. The summed E-state index contributed by atoms with van der Waals surface area (Å²) in [7, 11) is 1.63. The van der Waals surface area contributed by atoms with Crippen LogP contribution in [-0.2, 0) is 16.8 Å². The highest BCUT2D eigenvalue weighted by Gasteiger charge is 2.67. The van der Waals surface area contributed by atoms with Gasteiger partial charge in [0, 0.05) is 5.69 Å². The summed E-state index contributed by atoms with van der Waals surface area (Å²) >= 11 is 0. The number of carbonyl (C=O) groups excluding carboxylic acids is 1. The molecule has 114 valence electrons. The first kappa shape index (κ1) is 13.8. The van der Waals surface area contributed by atoms with Gasteiger partial charge < -0.3 is 9.64 Å². The average molecular weight is 304 g/mol. The van der Waals surface area contributed by atoms with Crippen molar-refractivity contribution in [2.75, 3.05) is 12.0 Å². The van der Waals surface area contributed by atoms with E-state index in [0.717, 1.165) is 22.6 Å². The Hall–Kier alpha value is -2.80. The molecule has 0 aromatic heterocycles. The molecule has 0 radical (unpaired) electrons. The minimum absolute atomic E-state index is 0.0565. The maximum Gasteiger partial charge on any atom is 0.239 e. The van der Waals surface area contributed by atoms with E-state index in [1.165, 1.54) is 0 Å². The summed E-state index contributed by atoms with van der Waals surface area (Å²) in [6, 6.07) is 17.8. The largest absolute Gasteiger partial charge is 0.497 e. The minimum atomic E-state index is -0.599. The maximum atomic E-state index is 13.0. The molecule has 1 aliphatic carbocycles. The molecule has 2 aromatic rings. The molecule has 23 heavy (non-hydrogen) atoms. The Morgan fingerprint density at radius 2 is 2.00 bits per heavy atom. The molecule has 4 rings (SSSR count). The van der Waals surface area contributed by atoms with Gasteiger partial charge >= 0.3 is 0 Å². The second-order valence-corrected chi connectivity index (χ2v) is 6.11. The topological polar surface area (TPSA) is 53.3 Å². The third kappa shape index (κ3) is 1.86. The third-order valence-electron chi connectivity index (χ3n) is 4.92.